The Kier molecular flexibility index (Phi) is 5.77. The molecule has 1 saturated carbocycles. The second-order valence-electron chi connectivity index (χ2n) is 10.2. The predicted octanol–water partition coefficient (Wildman–Crippen LogP) is 5.08. The van der Waals surface area contributed by atoms with E-state index >= 15 is 0 Å². The molecule has 186 valence electrons. The maximum atomic E-state index is 6.10. The van der Waals surface area contributed by atoms with Crippen molar-refractivity contribution in [3.8, 4) is 17.2 Å². The van der Waals surface area contributed by atoms with Crippen molar-refractivity contribution in [2.24, 2.45) is 5.92 Å². The largest absolute Gasteiger partial charge is 0.497 e. The van der Waals surface area contributed by atoms with E-state index in [2.05, 4.69) is 36.1 Å². The van der Waals surface area contributed by atoms with E-state index in [1.807, 2.05) is 12.1 Å². The summed E-state index contributed by atoms with van der Waals surface area (Å²) in [5.74, 6) is 2.46. The second-order valence-corrected chi connectivity index (χ2v) is 10.2. The van der Waals surface area contributed by atoms with E-state index in [-0.39, 0.29) is 5.54 Å². The molecule has 7 heteroatoms. The fourth-order valence-electron chi connectivity index (χ4n) is 6.04. The van der Waals surface area contributed by atoms with Crippen LogP contribution in [0.4, 0.5) is 0 Å². The summed E-state index contributed by atoms with van der Waals surface area (Å²) in [4.78, 5) is 2.64. The number of methoxy groups -OCH3 is 1. The number of benzene rings is 2. The summed E-state index contributed by atoms with van der Waals surface area (Å²) in [5.41, 5.74) is 3.80. The molecule has 1 aliphatic carbocycles. The first-order chi connectivity index (χ1) is 17.1. The summed E-state index contributed by atoms with van der Waals surface area (Å²) >= 11 is 0. The zero-order valence-electron chi connectivity index (χ0n) is 20.5. The van der Waals surface area contributed by atoms with Gasteiger partial charge in [0, 0.05) is 31.5 Å². The predicted molar refractivity (Wildman–Crippen MR) is 129 cm³/mol. The summed E-state index contributed by atoms with van der Waals surface area (Å²) in [7, 11) is 1.68. The Bertz CT molecular complexity index is 1080. The normalized spacial score (nSPS) is 21.7. The van der Waals surface area contributed by atoms with Crippen LogP contribution in [0.3, 0.4) is 0 Å². The molecule has 0 bridgehead atoms. The van der Waals surface area contributed by atoms with Gasteiger partial charge in [0.1, 0.15) is 18.3 Å². The van der Waals surface area contributed by atoms with Crippen LogP contribution in [0.5, 0.6) is 17.2 Å². The number of rotatable bonds is 7. The lowest BCUT2D eigenvalue weighted by Crippen LogP contribution is -2.50. The van der Waals surface area contributed by atoms with Gasteiger partial charge in [0.15, 0.2) is 11.5 Å². The molecule has 1 atom stereocenters. The van der Waals surface area contributed by atoms with E-state index in [1.165, 1.54) is 11.1 Å². The Labute approximate surface area is 206 Å². The maximum Gasteiger partial charge on any atom is 0.249 e. The molecule has 0 radical (unpaired) electrons. The molecule has 0 amide bonds. The number of fused-ring (bicyclic) bond motifs is 3. The van der Waals surface area contributed by atoms with Crippen LogP contribution in [0.15, 0.2) is 48.9 Å². The topological polar surface area (TPSA) is 58.6 Å². The lowest BCUT2D eigenvalue weighted by Gasteiger charge is -2.47. The van der Waals surface area contributed by atoms with Crippen LogP contribution in [-0.2, 0) is 32.9 Å². The molecule has 6 rings (SSSR count). The van der Waals surface area contributed by atoms with Gasteiger partial charge in [-0.15, -0.1) is 0 Å². The summed E-state index contributed by atoms with van der Waals surface area (Å²) in [6.07, 6.45) is 7.01. The smallest absolute Gasteiger partial charge is 0.249 e. The van der Waals surface area contributed by atoms with Crippen molar-refractivity contribution in [1.29, 1.82) is 0 Å². The molecule has 2 aromatic carbocycles. The van der Waals surface area contributed by atoms with Gasteiger partial charge in [-0.25, -0.2) is 0 Å². The summed E-state index contributed by atoms with van der Waals surface area (Å²) in [5, 5.41) is 0. The molecule has 2 aromatic rings. The molecule has 3 heterocycles. The average Bonchev–Trinajstić information content (AvgIpc) is 3.59. The minimum absolute atomic E-state index is 0.0544. The van der Waals surface area contributed by atoms with Crippen molar-refractivity contribution in [2.75, 3.05) is 27.1 Å². The van der Waals surface area contributed by atoms with Gasteiger partial charge in [-0.1, -0.05) is 19.1 Å². The summed E-state index contributed by atoms with van der Waals surface area (Å²) < 4.78 is 34.5. The van der Waals surface area contributed by atoms with Crippen LogP contribution in [0.25, 0.3) is 0 Å². The molecule has 35 heavy (non-hydrogen) atoms. The summed E-state index contributed by atoms with van der Waals surface area (Å²) in [6.45, 7) is 5.74. The zero-order chi connectivity index (χ0) is 23.9. The number of ether oxygens (including phenoxy) is 6. The van der Waals surface area contributed by atoms with Gasteiger partial charge in [-0.2, -0.15) is 0 Å². The molecule has 7 nitrogen and oxygen atoms in total. The third-order valence-electron chi connectivity index (χ3n) is 7.89. The van der Waals surface area contributed by atoms with Gasteiger partial charge in [-0.3, -0.25) is 4.90 Å². The van der Waals surface area contributed by atoms with Crippen molar-refractivity contribution in [2.45, 2.75) is 57.1 Å². The number of hydrogen-bond donors (Lipinski definition) is 0. The Morgan fingerprint density at radius 2 is 1.69 bits per heavy atom. The lowest BCUT2D eigenvalue weighted by molar-refractivity contribution is -0.183. The first-order valence-corrected chi connectivity index (χ1v) is 12.5. The van der Waals surface area contributed by atoms with Crippen LogP contribution in [0, 0.1) is 5.92 Å². The Balaban J connectivity index is 1.15. The molecular formula is C28H33NO6. The van der Waals surface area contributed by atoms with Crippen LogP contribution in [0.2, 0.25) is 0 Å². The highest BCUT2D eigenvalue weighted by Crippen LogP contribution is 2.55. The van der Waals surface area contributed by atoms with Gasteiger partial charge in [0.2, 0.25) is 12.6 Å². The summed E-state index contributed by atoms with van der Waals surface area (Å²) in [6, 6.07) is 12.5. The lowest BCUT2D eigenvalue weighted by atomic mass is 9.74. The highest BCUT2D eigenvalue weighted by atomic mass is 16.7. The third kappa shape index (κ3) is 4.10. The Morgan fingerprint density at radius 1 is 0.971 bits per heavy atom. The highest BCUT2D eigenvalue weighted by Gasteiger charge is 2.53. The van der Waals surface area contributed by atoms with E-state index in [9.17, 15) is 0 Å². The molecule has 0 saturated heterocycles. The number of nitrogens with zero attached hydrogens (tertiary/aromatic N) is 1. The Morgan fingerprint density at radius 3 is 2.40 bits per heavy atom. The van der Waals surface area contributed by atoms with Gasteiger partial charge < -0.3 is 28.4 Å². The van der Waals surface area contributed by atoms with Crippen molar-refractivity contribution >= 4 is 0 Å². The molecule has 2 spiro atoms. The van der Waals surface area contributed by atoms with E-state index in [0.717, 1.165) is 61.6 Å². The van der Waals surface area contributed by atoms with Gasteiger partial charge in [-0.05, 0) is 59.7 Å². The minimum atomic E-state index is -0.497. The SMILES string of the molecule is COc1ccc(COC[C@H](C)CN2Cc3cc4c(cc3C23CCC2(CC3)OC=CO2)OCO4)cc1. The first-order valence-electron chi connectivity index (χ1n) is 12.5. The maximum absolute atomic E-state index is 6.10. The minimum Gasteiger partial charge on any atom is -0.497 e. The van der Waals surface area contributed by atoms with Gasteiger partial charge >= 0.3 is 0 Å². The molecule has 0 unspecified atom stereocenters. The van der Waals surface area contributed by atoms with Crippen LogP contribution in [-0.4, -0.2) is 37.7 Å². The van der Waals surface area contributed by atoms with Crippen LogP contribution >= 0.6 is 0 Å². The molecular weight excluding hydrogens is 446 g/mol. The molecule has 4 aliphatic rings. The van der Waals surface area contributed by atoms with Crippen molar-refractivity contribution < 1.29 is 28.4 Å². The first kappa shape index (κ1) is 22.6. The quantitative estimate of drug-likeness (QED) is 0.549. The third-order valence-corrected chi connectivity index (χ3v) is 7.89. The van der Waals surface area contributed by atoms with Crippen LogP contribution in [0.1, 0.15) is 49.3 Å². The molecule has 0 aromatic heterocycles. The second kappa shape index (κ2) is 8.95. The number of hydrogen-bond acceptors (Lipinski definition) is 7. The fourth-order valence-corrected chi connectivity index (χ4v) is 6.04. The van der Waals surface area contributed by atoms with Gasteiger partial charge in [0.25, 0.3) is 0 Å². The van der Waals surface area contributed by atoms with Crippen molar-refractivity contribution in [3.05, 3.63) is 65.6 Å². The van der Waals surface area contributed by atoms with Crippen molar-refractivity contribution in [1.82, 2.24) is 4.90 Å². The zero-order valence-corrected chi connectivity index (χ0v) is 20.5. The van der Waals surface area contributed by atoms with E-state index < -0.39 is 5.79 Å². The monoisotopic (exact) mass is 479 g/mol. The average molecular weight is 480 g/mol. The standard InChI is InChI=1S/C28H33NO6/c1-20(17-31-18-21-3-5-23(30-2)6-4-21)15-29-16-22-13-25-26(33-19-32-25)14-24(22)27(29)7-9-28(10-8-27)34-11-12-35-28/h3-6,11-14,20H,7-10,15-19H2,1-2H3/t20-/m1/s1. The van der Waals surface area contributed by atoms with Gasteiger partial charge in [0.05, 0.1) is 20.3 Å². The van der Waals surface area contributed by atoms with E-state index in [0.29, 0.717) is 25.9 Å². The molecule has 3 aliphatic heterocycles. The fraction of sp³-hybridized carbons (Fsp3) is 0.500. The van der Waals surface area contributed by atoms with E-state index in [4.69, 9.17) is 28.4 Å². The molecule has 0 N–H and O–H groups in total. The molecule has 1 fully saturated rings. The van der Waals surface area contributed by atoms with Crippen LogP contribution < -0.4 is 14.2 Å². The Hall–Kier alpha value is -2.90. The van der Waals surface area contributed by atoms with Crippen molar-refractivity contribution in [3.63, 3.8) is 0 Å². The van der Waals surface area contributed by atoms with E-state index in [1.54, 1.807) is 19.6 Å². The highest BCUT2D eigenvalue weighted by molar-refractivity contribution is 5.53.